The Kier molecular flexibility index (Phi) is 15.5. The minimum absolute atomic E-state index is 0.509. The van der Waals surface area contributed by atoms with Crippen molar-refractivity contribution in [2.45, 2.75) is 0 Å². The van der Waals surface area contributed by atoms with E-state index in [1.807, 2.05) is 60.7 Å². The van der Waals surface area contributed by atoms with Crippen LogP contribution in [0, 0.1) is 0 Å². The van der Waals surface area contributed by atoms with Gasteiger partial charge in [-0.2, -0.15) is 0 Å². The number of benzene rings is 10. The van der Waals surface area contributed by atoms with E-state index in [1.165, 1.54) is 22.3 Å². The average Bonchev–Trinajstić information content (AvgIpc) is 3.40. The summed E-state index contributed by atoms with van der Waals surface area (Å²) in [7, 11) is -1.39. The second kappa shape index (κ2) is 22.8. The van der Waals surface area contributed by atoms with Gasteiger partial charge in [0.2, 0.25) is 0 Å². The summed E-state index contributed by atoms with van der Waals surface area (Å²) in [5.41, 5.74) is 14.5. The van der Waals surface area contributed by atoms with E-state index in [-0.39, 0.29) is 0 Å². The summed E-state index contributed by atoms with van der Waals surface area (Å²) >= 11 is 3.49. The SMILES string of the molecule is Brc1ccc(N(c2ccccc2)c2ccccc2)cc1.OB(O)c1ccc(-c2ccccc2)cc1.c1ccc(-c2ccc(-c3ccc(N(c4ccccc4)c4ccccc4)cc3)cc2)cc1. The van der Waals surface area contributed by atoms with Gasteiger partial charge in [-0.1, -0.05) is 210 Å². The molecule has 0 aliphatic rings. The molecule has 320 valence electrons. The monoisotopic (exact) mass is 918 g/mol. The van der Waals surface area contributed by atoms with Crippen molar-refractivity contribution in [1.82, 2.24) is 0 Å². The van der Waals surface area contributed by atoms with E-state index in [0.29, 0.717) is 5.46 Å². The number of hydrogen-bond donors (Lipinski definition) is 2. The molecular formula is C60H48BBrN2O2. The highest BCUT2D eigenvalue weighted by atomic mass is 79.9. The molecule has 0 heterocycles. The molecule has 10 rings (SSSR count). The van der Waals surface area contributed by atoms with E-state index in [1.54, 1.807) is 12.1 Å². The van der Waals surface area contributed by atoms with Gasteiger partial charge in [0, 0.05) is 38.6 Å². The third-order valence-electron chi connectivity index (χ3n) is 10.9. The van der Waals surface area contributed by atoms with Gasteiger partial charge in [0.1, 0.15) is 0 Å². The summed E-state index contributed by atoms with van der Waals surface area (Å²) in [5, 5.41) is 17.9. The van der Waals surface area contributed by atoms with Gasteiger partial charge in [0.15, 0.2) is 0 Å². The fraction of sp³-hybridized carbons (Fsp3) is 0. The maximum atomic E-state index is 8.94. The fourth-order valence-electron chi connectivity index (χ4n) is 7.56. The molecule has 66 heavy (non-hydrogen) atoms. The third-order valence-corrected chi connectivity index (χ3v) is 11.4. The van der Waals surface area contributed by atoms with Crippen LogP contribution in [0.2, 0.25) is 0 Å². The molecule has 0 spiro atoms. The highest BCUT2D eigenvalue weighted by Crippen LogP contribution is 2.36. The molecule has 0 aliphatic heterocycles. The second-order valence-electron chi connectivity index (χ2n) is 15.3. The van der Waals surface area contributed by atoms with Crippen molar-refractivity contribution in [3.8, 4) is 33.4 Å². The van der Waals surface area contributed by atoms with Crippen molar-refractivity contribution in [2.24, 2.45) is 0 Å². The lowest BCUT2D eigenvalue weighted by Gasteiger charge is -2.25. The summed E-state index contributed by atoms with van der Waals surface area (Å²) in [6.07, 6.45) is 0. The Labute approximate surface area is 397 Å². The molecule has 0 fully saturated rings. The molecule has 0 saturated heterocycles. The predicted molar refractivity (Wildman–Crippen MR) is 283 cm³/mol. The van der Waals surface area contributed by atoms with Gasteiger partial charge in [-0.25, -0.2) is 0 Å². The van der Waals surface area contributed by atoms with E-state index >= 15 is 0 Å². The highest BCUT2D eigenvalue weighted by molar-refractivity contribution is 9.10. The first-order valence-corrected chi connectivity index (χ1v) is 22.6. The van der Waals surface area contributed by atoms with Crippen LogP contribution in [0.3, 0.4) is 0 Å². The molecule has 10 aromatic rings. The van der Waals surface area contributed by atoms with Crippen LogP contribution in [0.1, 0.15) is 0 Å². The number of rotatable bonds is 10. The molecule has 0 unspecified atom stereocenters. The molecule has 0 atom stereocenters. The lowest BCUT2D eigenvalue weighted by atomic mass is 9.80. The Hall–Kier alpha value is -7.74. The lowest BCUT2D eigenvalue weighted by Crippen LogP contribution is -2.29. The normalized spacial score (nSPS) is 10.3. The molecule has 10 aromatic carbocycles. The number of para-hydroxylation sites is 4. The Morgan fingerprint density at radius 1 is 0.242 bits per heavy atom. The minimum atomic E-state index is -1.39. The van der Waals surface area contributed by atoms with Gasteiger partial charge in [-0.05, 0) is 124 Å². The molecule has 0 amide bonds. The molecule has 0 saturated carbocycles. The van der Waals surface area contributed by atoms with Gasteiger partial charge in [0.25, 0.3) is 0 Å². The summed E-state index contributed by atoms with van der Waals surface area (Å²) in [6.45, 7) is 0. The summed E-state index contributed by atoms with van der Waals surface area (Å²) in [5.74, 6) is 0. The fourth-order valence-corrected chi connectivity index (χ4v) is 7.82. The zero-order valence-corrected chi connectivity index (χ0v) is 37.9. The average molecular weight is 920 g/mol. The van der Waals surface area contributed by atoms with Crippen LogP contribution in [0.4, 0.5) is 34.1 Å². The van der Waals surface area contributed by atoms with Crippen molar-refractivity contribution < 1.29 is 10.0 Å². The standard InChI is InChI=1S/C30H23N.C18H14BrN.C12H11BO2/c1-4-10-24(11-5-1)25-16-18-26(19-17-25)27-20-22-30(23-21-27)31(28-12-6-2-7-13-28)29-14-8-3-9-15-29;19-15-11-13-18(14-12-15)20(16-7-3-1-4-8-16)17-9-5-2-6-10-17;14-13(15)12-8-6-11(7-9-12)10-4-2-1-3-5-10/h1-23H;1-14H;1-9,14-15H. The van der Waals surface area contributed by atoms with E-state index in [9.17, 15) is 0 Å². The van der Waals surface area contributed by atoms with E-state index in [0.717, 1.165) is 49.7 Å². The van der Waals surface area contributed by atoms with Crippen LogP contribution in [0.25, 0.3) is 33.4 Å². The number of anilines is 6. The Bertz CT molecular complexity index is 2870. The molecule has 0 bridgehead atoms. The Balaban J connectivity index is 0.000000145. The zero-order chi connectivity index (χ0) is 45.3. The van der Waals surface area contributed by atoms with E-state index in [4.69, 9.17) is 10.0 Å². The van der Waals surface area contributed by atoms with Crippen molar-refractivity contribution in [3.05, 3.63) is 284 Å². The first-order chi connectivity index (χ1) is 32.5. The van der Waals surface area contributed by atoms with Gasteiger partial charge >= 0.3 is 7.12 Å². The summed E-state index contributed by atoms with van der Waals surface area (Å²) < 4.78 is 1.09. The van der Waals surface area contributed by atoms with Crippen molar-refractivity contribution in [2.75, 3.05) is 9.80 Å². The lowest BCUT2D eigenvalue weighted by molar-refractivity contribution is 0.426. The number of nitrogens with zero attached hydrogens (tertiary/aromatic N) is 2. The topological polar surface area (TPSA) is 46.9 Å². The van der Waals surface area contributed by atoms with Gasteiger partial charge in [0.05, 0.1) is 0 Å². The maximum absolute atomic E-state index is 8.94. The summed E-state index contributed by atoms with van der Waals surface area (Å²) in [6, 6.07) is 95.3. The van der Waals surface area contributed by atoms with Crippen LogP contribution >= 0.6 is 15.9 Å². The third kappa shape index (κ3) is 11.9. The molecule has 2 N–H and O–H groups in total. The minimum Gasteiger partial charge on any atom is -0.423 e. The predicted octanol–water partition coefficient (Wildman–Crippen LogP) is 15.4. The van der Waals surface area contributed by atoms with Gasteiger partial charge in [-0.15, -0.1) is 0 Å². The maximum Gasteiger partial charge on any atom is 0.488 e. The van der Waals surface area contributed by atoms with Crippen LogP contribution < -0.4 is 15.3 Å². The van der Waals surface area contributed by atoms with Crippen LogP contribution in [-0.2, 0) is 0 Å². The Morgan fingerprint density at radius 2 is 0.455 bits per heavy atom. The Morgan fingerprint density at radius 3 is 0.742 bits per heavy atom. The molecule has 0 radical (unpaired) electrons. The van der Waals surface area contributed by atoms with Crippen LogP contribution in [-0.4, -0.2) is 17.2 Å². The quantitative estimate of drug-likeness (QED) is 0.134. The molecular weight excluding hydrogens is 871 g/mol. The highest BCUT2D eigenvalue weighted by Gasteiger charge is 2.14. The van der Waals surface area contributed by atoms with Crippen molar-refractivity contribution in [3.63, 3.8) is 0 Å². The number of hydrogen-bond acceptors (Lipinski definition) is 4. The molecule has 6 heteroatoms. The number of halogens is 1. The van der Waals surface area contributed by atoms with Gasteiger partial charge < -0.3 is 19.8 Å². The molecule has 0 aliphatic carbocycles. The summed E-state index contributed by atoms with van der Waals surface area (Å²) in [4.78, 5) is 4.52. The van der Waals surface area contributed by atoms with E-state index in [2.05, 4.69) is 232 Å². The smallest absolute Gasteiger partial charge is 0.423 e. The zero-order valence-electron chi connectivity index (χ0n) is 36.3. The van der Waals surface area contributed by atoms with Gasteiger partial charge in [-0.3, -0.25) is 0 Å². The molecule has 0 aromatic heterocycles. The van der Waals surface area contributed by atoms with Crippen molar-refractivity contribution >= 4 is 62.6 Å². The van der Waals surface area contributed by atoms with Crippen LogP contribution in [0.5, 0.6) is 0 Å². The first kappa shape index (κ1) is 44.9. The second-order valence-corrected chi connectivity index (χ2v) is 16.3. The largest absolute Gasteiger partial charge is 0.488 e. The first-order valence-electron chi connectivity index (χ1n) is 21.8. The molecule has 4 nitrogen and oxygen atoms in total. The van der Waals surface area contributed by atoms with Crippen molar-refractivity contribution in [1.29, 1.82) is 0 Å². The van der Waals surface area contributed by atoms with E-state index < -0.39 is 7.12 Å². The van der Waals surface area contributed by atoms with Crippen LogP contribution in [0.15, 0.2) is 284 Å².